The molecule has 0 bridgehead atoms. The van der Waals surface area contributed by atoms with Crippen LogP contribution in [0.15, 0.2) is 0 Å². The highest BCUT2D eigenvalue weighted by atomic mass is 32.2. The molecule has 45 heavy (non-hydrogen) atoms. The number of sulfonamides is 1. The molecule has 12 heteroatoms. The van der Waals surface area contributed by atoms with Crippen molar-refractivity contribution in [1.29, 1.82) is 0 Å². The fourth-order valence-electron chi connectivity index (χ4n) is 6.96. The largest absolute Gasteiger partial charge is 0.390 e. The average Bonchev–Trinajstić information content (AvgIpc) is 2.98. The van der Waals surface area contributed by atoms with Gasteiger partial charge in [0.25, 0.3) is 0 Å². The third-order valence-electron chi connectivity index (χ3n) is 9.32. The van der Waals surface area contributed by atoms with E-state index in [1.54, 1.807) is 9.91 Å². The number of hydrogen-bond acceptors (Lipinski definition) is 7. The van der Waals surface area contributed by atoms with E-state index in [9.17, 15) is 27.9 Å². The number of nitrogens with one attached hydrogen (secondary N) is 2. The SMILES string of the molecule is CCCCN(CC(O)C(CC1CCCCC1)NC(=O)C1CC(C(=O)N(CCC)CCC)CC(S(N)(=O)=O)C1)NC(=O)CC(C)C. The van der Waals surface area contributed by atoms with Crippen LogP contribution < -0.4 is 15.9 Å². The van der Waals surface area contributed by atoms with Crippen molar-refractivity contribution in [2.75, 3.05) is 26.2 Å². The third-order valence-corrected chi connectivity index (χ3v) is 10.6. The Bertz CT molecular complexity index is 1010. The smallest absolute Gasteiger partial charge is 0.234 e. The van der Waals surface area contributed by atoms with Crippen LogP contribution >= 0.6 is 0 Å². The zero-order valence-corrected chi connectivity index (χ0v) is 29.5. The summed E-state index contributed by atoms with van der Waals surface area (Å²) in [5.74, 6) is -1.34. The van der Waals surface area contributed by atoms with Gasteiger partial charge in [-0.05, 0) is 56.8 Å². The second kappa shape index (κ2) is 19.8. The maximum atomic E-state index is 13.9. The minimum Gasteiger partial charge on any atom is -0.390 e. The van der Waals surface area contributed by atoms with E-state index in [1.807, 2.05) is 27.7 Å². The topological polar surface area (TPSA) is 162 Å². The number of carbonyl (C=O) groups excluding carboxylic acids is 3. The molecule has 2 saturated carbocycles. The molecule has 2 aliphatic carbocycles. The van der Waals surface area contributed by atoms with Gasteiger partial charge in [-0.15, -0.1) is 0 Å². The van der Waals surface area contributed by atoms with Gasteiger partial charge in [-0.1, -0.05) is 73.1 Å². The molecule has 0 radical (unpaired) electrons. The van der Waals surface area contributed by atoms with Gasteiger partial charge in [0.15, 0.2) is 0 Å². The first kappa shape index (κ1) is 39.4. The number of hydrogen-bond donors (Lipinski definition) is 4. The number of hydrazine groups is 1. The van der Waals surface area contributed by atoms with Crippen LogP contribution in [0.5, 0.6) is 0 Å². The second-order valence-corrected chi connectivity index (χ2v) is 15.8. The third kappa shape index (κ3) is 13.9. The molecule has 5 atom stereocenters. The number of unbranched alkanes of at least 4 members (excludes halogenated alkanes) is 1. The van der Waals surface area contributed by atoms with Gasteiger partial charge < -0.3 is 15.3 Å². The Kier molecular flexibility index (Phi) is 17.3. The van der Waals surface area contributed by atoms with Crippen LogP contribution in [-0.2, 0) is 24.4 Å². The van der Waals surface area contributed by atoms with Crippen molar-refractivity contribution in [3.8, 4) is 0 Å². The summed E-state index contributed by atoms with van der Waals surface area (Å²) < 4.78 is 25.1. The van der Waals surface area contributed by atoms with Gasteiger partial charge in [-0.3, -0.25) is 19.8 Å². The summed E-state index contributed by atoms with van der Waals surface area (Å²) in [6.45, 7) is 11.9. The second-order valence-electron chi connectivity index (χ2n) is 14.0. The van der Waals surface area contributed by atoms with Gasteiger partial charge in [0, 0.05) is 44.4 Å². The lowest BCUT2D eigenvalue weighted by Gasteiger charge is -2.37. The lowest BCUT2D eigenvalue weighted by Crippen LogP contribution is -2.55. The van der Waals surface area contributed by atoms with Gasteiger partial charge in [-0.2, -0.15) is 0 Å². The van der Waals surface area contributed by atoms with E-state index < -0.39 is 39.3 Å². The molecule has 0 aromatic carbocycles. The van der Waals surface area contributed by atoms with Crippen molar-refractivity contribution in [3.05, 3.63) is 0 Å². The molecule has 0 heterocycles. The van der Waals surface area contributed by atoms with Crippen molar-refractivity contribution in [2.24, 2.45) is 28.8 Å². The van der Waals surface area contributed by atoms with Crippen LogP contribution in [0.3, 0.4) is 0 Å². The normalized spacial score (nSPS) is 22.6. The van der Waals surface area contributed by atoms with E-state index in [4.69, 9.17) is 5.14 Å². The summed E-state index contributed by atoms with van der Waals surface area (Å²) in [4.78, 5) is 41.8. The van der Waals surface area contributed by atoms with E-state index in [0.717, 1.165) is 51.4 Å². The molecule has 0 spiro atoms. The number of nitrogens with zero attached hydrogens (tertiary/aromatic N) is 2. The van der Waals surface area contributed by atoms with Crippen LogP contribution in [0.1, 0.15) is 125 Å². The van der Waals surface area contributed by atoms with E-state index in [2.05, 4.69) is 17.7 Å². The summed E-state index contributed by atoms with van der Waals surface area (Å²) in [5.41, 5.74) is 2.96. The molecule has 0 aromatic heterocycles. The molecular formula is C33H63N5O6S. The van der Waals surface area contributed by atoms with E-state index in [1.165, 1.54) is 6.42 Å². The minimum atomic E-state index is -3.97. The molecule has 2 fully saturated rings. The Balaban J connectivity index is 2.27. The van der Waals surface area contributed by atoms with Crippen LogP contribution in [0, 0.1) is 23.7 Å². The number of aliphatic hydroxyl groups is 1. The number of primary sulfonamides is 1. The quantitative estimate of drug-likeness (QED) is 0.154. The lowest BCUT2D eigenvalue weighted by atomic mass is 9.79. The van der Waals surface area contributed by atoms with Gasteiger partial charge >= 0.3 is 0 Å². The fraction of sp³-hybridized carbons (Fsp3) is 0.909. The van der Waals surface area contributed by atoms with Crippen molar-refractivity contribution in [1.82, 2.24) is 20.7 Å². The van der Waals surface area contributed by atoms with Crippen LogP contribution in [0.2, 0.25) is 0 Å². The maximum Gasteiger partial charge on any atom is 0.234 e. The highest BCUT2D eigenvalue weighted by molar-refractivity contribution is 7.89. The van der Waals surface area contributed by atoms with E-state index in [-0.39, 0.29) is 49.4 Å². The fourth-order valence-corrected chi connectivity index (χ4v) is 7.96. The summed E-state index contributed by atoms with van der Waals surface area (Å²) >= 11 is 0. The number of aliphatic hydroxyl groups excluding tert-OH is 1. The van der Waals surface area contributed by atoms with E-state index in [0.29, 0.717) is 38.4 Å². The molecule has 0 saturated heterocycles. The van der Waals surface area contributed by atoms with Crippen LogP contribution in [0.4, 0.5) is 0 Å². The Morgan fingerprint density at radius 2 is 1.53 bits per heavy atom. The first-order chi connectivity index (χ1) is 21.3. The molecule has 2 rings (SSSR count). The number of rotatable bonds is 19. The number of amides is 3. The molecular weight excluding hydrogens is 594 g/mol. The van der Waals surface area contributed by atoms with Crippen LogP contribution in [0.25, 0.3) is 0 Å². The summed E-state index contributed by atoms with van der Waals surface area (Å²) in [6, 6.07) is -0.576. The first-order valence-corrected chi connectivity index (χ1v) is 19.2. The highest BCUT2D eigenvalue weighted by Crippen LogP contribution is 2.35. The molecule has 11 nitrogen and oxygen atoms in total. The van der Waals surface area contributed by atoms with Gasteiger partial charge in [-0.25, -0.2) is 18.6 Å². The average molecular weight is 658 g/mol. The molecule has 0 aromatic rings. The maximum absolute atomic E-state index is 13.9. The van der Waals surface area contributed by atoms with Crippen molar-refractivity contribution in [3.63, 3.8) is 0 Å². The zero-order chi connectivity index (χ0) is 33.6. The predicted molar refractivity (Wildman–Crippen MR) is 178 cm³/mol. The summed E-state index contributed by atoms with van der Waals surface area (Å²) in [7, 11) is -3.97. The Hall–Kier alpha value is -1.76. The number of carbonyl (C=O) groups is 3. The standard InChI is InChI=1S/C33H63N5O6S/c1-6-9-17-38(36-31(40)18-24(4)5)23-30(39)29(19-25-13-11-10-12-14-25)35-32(41)26-20-27(22-28(21-26)45(34,43)44)33(42)37(15-7-2)16-8-3/h24-30,39H,6-23H2,1-5H3,(H,35,41)(H,36,40)(H2,34,43,44). The highest BCUT2D eigenvalue weighted by Gasteiger charge is 2.42. The Labute approximate surface area is 272 Å². The molecule has 3 amide bonds. The molecule has 2 aliphatic rings. The molecule has 0 aliphatic heterocycles. The van der Waals surface area contributed by atoms with Crippen molar-refractivity contribution in [2.45, 2.75) is 142 Å². The first-order valence-electron chi connectivity index (χ1n) is 17.6. The van der Waals surface area contributed by atoms with Gasteiger partial charge in [0.2, 0.25) is 27.7 Å². The molecule has 5 N–H and O–H groups in total. The number of nitrogens with two attached hydrogens (primary N) is 1. The molecule has 5 unspecified atom stereocenters. The molecule has 262 valence electrons. The van der Waals surface area contributed by atoms with Crippen LogP contribution in [-0.4, -0.2) is 84.7 Å². The Morgan fingerprint density at radius 1 is 0.911 bits per heavy atom. The Morgan fingerprint density at radius 3 is 2.09 bits per heavy atom. The van der Waals surface area contributed by atoms with Gasteiger partial charge in [0.1, 0.15) is 0 Å². The van der Waals surface area contributed by atoms with E-state index >= 15 is 0 Å². The minimum absolute atomic E-state index is 0.0517. The van der Waals surface area contributed by atoms with Crippen molar-refractivity contribution >= 4 is 27.7 Å². The monoisotopic (exact) mass is 657 g/mol. The lowest BCUT2D eigenvalue weighted by molar-refractivity contribution is -0.138. The van der Waals surface area contributed by atoms with Gasteiger partial charge in [0.05, 0.1) is 17.4 Å². The predicted octanol–water partition coefficient (Wildman–Crippen LogP) is 3.70. The van der Waals surface area contributed by atoms with Crippen molar-refractivity contribution < 1.29 is 27.9 Å². The summed E-state index contributed by atoms with van der Waals surface area (Å²) in [5, 5.41) is 21.1. The zero-order valence-electron chi connectivity index (χ0n) is 28.6. The summed E-state index contributed by atoms with van der Waals surface area (Å²) in [6.07, 6.45) is 9.25.